The van der Waals surface area contributed by atoms with Crippen molar-refractivity contribution in [3.05, 3.63) is 126 Å². The van der Waals surface area contributed by atoms with E-state index in [1.807, 2.05) is 54.6 Å². The van der Waals surface area contributed by atoms with Crippen LogP contribution in [0.5, 0.6) is 0 Å². The van der Waals surface area contributed by atoms with Gasteiger partial charge in [0.05, 0.1) is 17.3 Å². The summed E-state index contributed by atoms with van der Waals surface area (Å²) in [7, 11) is -4.38. The van der Waals surface area contributed by atoms with Crippen molar-refractivity contribution in [2.24, 2.45) is 5.92 Å². The third-order valence-electron chi connectivity index (χ3n) is 7.23. The molecule has 0 saturated carbocycles. The highest BCUT2D eigenvalue weighted by Crippen LogP contribution is 2.47. The minimum atomic E-state index is -4.38. The molecule has 1 fully saturated rings. The van der Waals surface area contributed by atoms with Gasteiger partial charge < -0.3 is 20.2 Å². The fraction of sp³-hybridized carbons (Fsp3) is 0.167. The predicted molar refractivity (Wildman–Crippen MR) is 143 cm³/mol. The molecule has 6 nitrogen and oxygen atoms in total. The highest BCUT2D eigenvalue weighted by atomic mass is 31.2. The van der Waals surface area contributed by atoms with Crippen LogP contribution in [0.25, 0.3) is 11.1 Å². The molecule has 8 heteroatoms. The number of hydrogen-bond acceptors (Lipinski definition) is 3. The fourth-order valence-corrected chi connectivity index (χ4v) is 5.81. The SMILES string of the molecule is O=C1N[C@@](c2ccccc2)(c2ccc(-c3cccc(P(=O)(O)O)c3)cc2)[C@H]1CC[C@H](O)c1ccc(F)cc1. The smallest absolute Gasteiger partial charge is 0.356 e. The molecule has 0 unspecified atom stereocenters. The summed E-state index contributed by atoms with van der Waals surface area (Å²) in [6.07, 6.45) is -0.0992. The monoisotopic (exact) mass is 531 g/mol. The Morgan fingerprint density at radius 1 is 0.842 bits per heavy atom. The lowest BCUT2D eigenvalue weighted by atomic mass is 9.64. The van der Waals surface area contributed by atoms with Crippen LogP contribution in [0.1, 0.15) is 35.6 Å². The quantitative estimate of drug-likeness (QED) is 0.193. The van der Waals surface area contributed by atoms with Crippen molar-refractivity contribution >= 4 is 18.8 Å². The van der Waals surface area contributed by atoms with Crippen LogP contribution in [-0.4, -0.2) is 20.8 Å². The van der Waals surface area contributed by atoms with Gasteiger partial charge in [-0.05, 0) is 64.9 Å². The Hall–Kier alpha value is -3.61. The molecule has 1 heterocycles. The molecule has 0 aromatic heterocycles. The number of amides is 1. The fourth-order valence-electron chi connectivity index (χ4n) is 5.22. The molecule has 1 aliphatic heterocycles. The summed E-state index contributed by atoms with van der Waals surface area (Å²) in [6, 6.07) is 29.2. The van der Waals surface area contributed by atoms with Crippen LogP contribution in [0, 0.1) is 11.7 Å². The Labute approximate surface area is 220 Å². The number of β-lactam (4-membered cyclic amide) rings is 1. The lowest BCUT2D eigenvalue weighted by molar-refractivity contribution is -0.140. The summed E-state index contributed by atoms with van der Waals surface area (Å²) in [5.74, 6) is -0.929. The van der Waals surface area contributed by atoms with E-state index in [9.17, 15) is 28.6 Å². The number of carbonyl (C=O) groups is 1. The van der Waals surface area contributed by atoms with Gasteiger partial charge in [0, 0.05) is 0 Å². The van der Waals surface area contributed by atoms with Crippen molar-refractivity contribution in [3.63, 3.8) is 0 Å². The van der Waals surface area contributed by atoms with Crippen molar-refractivity contribution in [2.45, 2.75) is 24.5 Å². The molecule has 0 radical (unpaired) electrons. The molecule has 1 aliphatic rings. The lowest BCUT2D eigenvalue weighted by Crippen LogP contribution is -2.67. The van der Waals surface area contributed by atoms with Gasteiger partial charge in [0.15, 0.2) is 0 Å². The first-order valence-corrected chi connectivity index (χ1v) is 13.9. The maximum Gasteiger partial charge on any atom is 0.356 e. The van der Waals surface area contributed by atoms with Gasteiger partial charge in [-0.2, -0.15) is 0 Å². The largest absolute Gasteiger partial charge is 0.388 e. The molecule has 4 aromatic carbocycles. The number of hydrogen-bond donors (Lipinski definition) is 4. The average Bonchev–Trinajstić information content (AvgIpc) is 2.92. The van der Waals surface area contributed by atoms with E-state index in [1.54, 1.807) is 24.3 Å². The Bertz CT molecular complexity index is 1490. The zero-order valence-corrected chi connectivity index (χ0v) is 21.3. The minimum Gasteiger partial charge on any atom is -0.388 e. The third-order valence-corrected chi connectivity index (χ3v) is 8.18. The van der Waals surface area contributed by atoms with Crippen LogP contribution >= 0.6 is 7.60 Å². The Morgan fingerprint density at radius 2 is 1.50 bits per heavy atom. The first-order chi connectivity index (χ1) is 18.2. The molecule has 0 spiro atoms. The summed E-state index contributed by atoms with van der Waals surface area (Å²) in [5, 5.41) is 13.8. The molecule has 38 heavy (non-hydrogen) atoms. The second-order valence-corrected chi connectivity index (χ2v) is 11.1. The summed E-state index contributed by atoms with van der Waals surface area (Å²) in [5.41, 5.74) is 3.02. The van der Waals surface area contributed by atoms with Crippen molar-refractivity contribution in [3.8, 4) is 11.1 Å². The predicted octanol–water partition coefficient (Wildman–Crippen LogP) is 4.80. The molecule has 5 rings (SSSR count). The average molecular weight is 532 g/mol. The summed E-state index contributed by atoms with van der Waals surface area (Å²) < 4.78 is 25.0. The molecule has 1 amide bonds. The van der Waals surface area contributed by atoms with Gasteiger partial charge in [0.2, 0.25) is 5.91 Å². The Balaban J connectivity index is 1.45. The van der Waals surface area contributed by atoms with E-state index in [0.29, 0.717) is 24.0 Å². The van der Waals surface area contributed by atoms with Crippen LogP contribution in [-0.2, 0) is 14.9 Å². The van der Waals surface area contributed by atoms with E-state index in [-0.39, 0.29) is 17.0 Å². The molecule has 194 valence electrons. The number of aliphatic hydroxyl groups is 1. The standard InChI is InChI=1S/C30H27FNO5P/c31-25-15-11-21(12-16-25)28(33)18-17-27-29(34)32-30(27,23-6-2-1-3-7-23)24-13-9-20(10-14-24)22-5-4-8-26(19-22)38(35,36)37/h1-16,19,27-28,33H,17-18H2,(H,32,34)(H2,35,36,37)/t27-,28-,30-/m0/s1. The molecule has 3 atom stereocenters. The van der Waals surface area contributed by atoms with Crippen LogP contribution in [0.2, 0.25) is 0 Å². The van der Waals surface area contributed by atoms with E-state index in [2.05, 4.69) is 5.32 Å². The van der Waals surface area contributed by atoms with Gasteiger partial charge in [-0.3, -0.25) is 9.36 Å². The van der Waals surface area contributed by atoms with E-state index >= 15 is 0 Å². The highest BCUT2D eigenvalue weighted by Gasteiger charge is 2.55. The van der Waals surface area contributed by atoms with Crippen LogP contribution in [0.15, 0.2) is 103 Å². The molecule has 4 N–H and O–H groups in total. The van der Waals surface area contributed by atoms with Crippen LogP contribution < -0.4 is 10.6 Å². The third kappa shape index (κ3) is 4.94. The van der Waals surface area contributed by atoms with Crippen molar-refractivity contribution in [1.82, 2.24) is 5.32 Å². The van der Waals surface area contributed by atoms with E-state index in [4.69, 9.17) is 0 Å². The highest BCUT2D eigenvalue weighted by molar-refractivity contribution is 7.60. The number of benzene rings is 4. The van der Waals surface area contributed by atoms with Gasteiger partial charge in [0.25, 0.3) is 0 Å². The van der Waals surface area contributed by atoms with Crippen LogP contribution in [0.3, 0.4) is 0 Å². The summed E-state index contributed by atoms with van der Waals surface area (Å²) >= 11 is 0. The number of rotatable bonds is 8. The maximum absolute atomic E-state index is 13.3. The zero-order chi connectivity index (χ0) is 26.9. The van der Waals surface area contributed by atoms with E-state index in [0.717, 1.165) is 16.7 Å². The van der Waals surface area contributed by atoms with Gasteiger partial charge in [-0.25, -0.2) is 4.39 Å². The van der Waals surface area contributed by atoms with Crippen molar-refractivity contribution < 1.29 is 28.6 Å². The number of aliphatic hydroxyl groups excluding tert-OH is 1. The topological polar surface area (TPSA) is 107 Å². The van der Waals surface area contributed by atoms with E-state index < -0.39 is 25.2 Å². The van der Waals surface area contributed by atoms with Gasteiger partial charge in [-0.1, -0.05) is 78.9 Å². The van der Waals surface area contributed by atoms with E-state index in [1.165, 1.54) is 24.3 Å². The summed E-state index contributed by atoms with van der Waals surface area (Å²) in [4.78, 5) is 32.0. The zero-order valence-electron chi connectivity index (χ0n) is 20.4. The molecule has 4 aromatic rings. The summed E-state index contributed by atoms with van der Waals surface area (Å²) in [6.45, 7) is 0. The molecule has 1 saturated heterocycles. The Kier molecular flexibility index (Phi) is 7.03. The van der Waals surface area contributed by atoms with Crippen molar-refractivity contribution in [2.75, 3.05) is 0 Å². The van der Waals surface area contributed by atoms with Crippen LogP contribution in [0.4, 0.5) is 4.39 Å². The Morgan fingerprint density at radius 3 is 2.13 bits per heavy atom. The van der Waals surface area contributed by atoms with Gasteiger partial charge >= 0.3 is 7.60 Å². The number of carbonyl (C=O) groups excluding carboxylic acids is 1. The second kappa shape index (κ2) is 10.3. The number of halogens is 1. The first-order valence-electron chi connectivity index (χ1n) is 12.3. The lowest BCUT2D eigenvalue weighted by Gasteiger charge is -2.50. The number of nitrogens with one attached hydrogen (secondary N) is 1. The van der Waals surface area contributed by atoms with Gasteiger partial charge in [-0.15, -0.1) is 0 Å². The molecular weight excluding hydrogens is 504 g/mol. The first kappa shape index (κ1) is 26.0. The molecular formula is C30H27FNO5P. The molecule has 0 bridgehead atoms. The second-order valence-electron chi connectivity index (χ2n) is 9.53. The van der Waals surface area contributed by atoms with Gasteiger partial charge in [0.1, 0.15) is 11.4 Å². The normalized spacial score (nSPS) is 19.9. The molecule has 0 aliphatic carbocycles. The minimum absolute atomic E-state index is 0.0501. The van der Waals surface area contributed by atoms with Crippen molar-refractivity contribution in [1.29, 1.82) is 0 Å². The maximum atomic E-state index is 13.3.